The van der Waals surface area contributed by atoms with E-state index in [1.165, 1.54) is 0 Å². The molecule has 0 spiro atoms. The van der Waals surface area contributed by atoms with Crippen molar-refractivity contribution in [3.8, 4) is 0 Å². The van der Waals surface area contributed by atoms with E-state index < -0.39 is 11.4 Å². The highest BCUT2D eigenvalue weighted by atomic mass is 16.4. The Kier molecular flexibility index (Phi) is 4.86. The molecule has 2 amide bonds. The fourth-order valence-electron chi connectivity index (χ4n) is 3.97. The molecular formula is C23H24N2O4. The maximum atomic E-state index is 12.8. The van der Waals surface area contributed by atoms with Crippen LogP contribution < -0.4 is 10.6 Å². The van der Waals surface area contributed by atoms with Crippen LogP contribution in [0.2, 0.25) is 0 Å². The molecule has 1 fully saturated rings. The first-order chi connectivity index (χ1) is 13.9. The Balaban J connectivity index is 1.47. The summed E-state index contributed by atoms with van der Waals surface area (Å²) in [7, 11) is 0. The molecule has 29 heavy (non-hydrogen) atoms. The molecule has 1 saturated carbocycles. The van der Waals surface area contributed by atoms with Gasteiger partial charge < -0.3 is 15.7 Å². The predicted octanol–water partition coefficient (Wildman–Crippen LogP) is 3.54. The molecule has 6 nitrogen and oxygen atoms in total. The quantitative estimate of drug-likeness (QED) is 0.701. The van der Waals surface area contributed by atoms with E-state index in [0.717, 1.165) is 29.5 Å². The van der Waals surface area contributed by atoms with Crippen molar-refractivity contribution in [2.24, 2.45) is 11.3 Å². The largest absolute Gasteiger partial charge is 0.481 e. The molecule has 0 radical (unpaired) electrons. The molecule has 0 unspecified atom stereocenters. The van der Waals surface area contributed by atoms with Gasteiger partial charge in [0, 0.05) is 23.7 Å². The molecule has 0 bridgehead atoms. The number of benzene rings is 2. The van der Waals surface area contributed by atoms with E-state index >= 15 is 0 Å². The van der Waals surface area contributed by atoms with Crippen LogP contribution in [0.1, 0.15) is 36.0 Å². The Morgan fingerprint density at radius 1 is 1.03 bits per heavy atom. The normalized spacial score (nSPS) is 16.7. The fourth-order valence-corrected chi connectivity index (χ4v) is 3.97. The number of hydrogen-bond acceptors (Lipinski definition) is 3. The second-order valence-corrected chi connectivity index (χ2v) is 8.23. The highest BCUT2D eigenvalue weighted by Crippen LogP contribution is 2.40. The number of carboxylic acids is 1. The number of carboxylic acid groups (broad SMARTS) is 1. The number of rotatable bonds is 6. The van der Waals surface area contributed by atoms with Gasteiger partial charge >= 0.3 is 5.97 Å². The van der Waals surface area contributed by atoms with Gasteiger partial charge in [0.05, 0.1) is 5.41 Å². The van der Waals surface area contributed by atoms with E-state index in [2.05, 4.69) is 10.6 Å². The lowest BCUT2D eigenvalue weighted by atomic mass is 9.81. The summed E-state index contributed by atoms with van der Waals surface area (Å²) in [5.41, 5.74) is 2.91. The minimum Gasteiger partial charge on any atom is -0.481 e. The summed E-state index contributed by atoms with van der Waals surface area (Å²) < 4.78 is 0. The van der Waals surface area contributed by atoms with E-state index in [1.54, 1.807) is 12.1 Å². The Morgan fingerprint density at radius 3 is 2.28 bits per heavy atom. The van der Waals surface area contributed by atoms with Crippen molar-refractivity contribution in [3.63, 3.8) is 0 Å². The number of hydrogen-bond donors (Lipinski definition) is 3. The Bertz CT molecular complexity index is 969. The van der Waals surface area contributed by atoms with Crippen LogP contribution in [-0.4, -0.2) is 22.9 Å². The summed E-state index contributed by atoms with van der Waals surface area (Å²) in [6.45, 7) is 1.86. The van der Waals surface area contributed by atoms with Crippen molar-refractivity contribution in [1.29, 1.82) is 0 Å². The number of aliphatic carboxylic acids is 1. The van der Waals surface area contributed by atoms with Crippen LogP contribution in [0.15, 0.2) is 42.5 Å². The summed E-state index contributed by atoms with van der Waals surface area (Å²) in [5.74, 6) is -1.20. The van der Waals surface area contributed by atoms with Crippen molar-refractivity contribution < 1.29 is 19.5 Å². The SMILES string of the molecule is Cc1ccc(NC(=O)C2CC2)cc1NC(=O)CC1(C(=O)O)Cc2ccccc2C1. The molecule has 6 heteroatoms. The average molecular weight is 392 g/mol. The number of carbonyl (C=O) groups is 3. The van der Waals surface area contributed by atoms with Crippen LogP contribution in [0, 0.1) is 18.3 Å². The van der Waals surface area contributed by atoms with E-state index in [1.807, 2.05) is 37.3 Å². The number of nitrogens with one attached hydrogen (secondary N) is 2. The fraction of sp³-hybridized carbons (Fsp3) is 0.348. The number of carbonyl (C=O) groups excluding carboxylic acids is 2. The minimum absolute atomic E-state index is 0.000297. The number of amides is 2. The van der Waals surface area contributed by atoms with Gasteiger partial charge in [0.15, 0.2) is 0 Å². The van der Waals surface area contributed by atoms with Crippen molar-refractivity contribution in [2.45, 2.75) is 39.0 Å². The second-order valence-electron chi connectivity index (χ2n) is 8.23. The number of fused-ring (bicyclic) bond motifs is 1. The van der Waals surface area contributed by atoms with Crippen LogP contribution in [0.3, 0.4) is 0 Å². The Labute approximate surface area is 169 Å². The van der Waals surface area contributed by atoms with E-state index in [-0.39, 0.29) is 24.2 Å². The maximum Gasteiger partial charge on any atom is 0.310 e. The molecule has 0 aliphatic heterocycles. The van der Waals surface area contributed by atoms with Gasteiger partial charge in [0.2, 0.25) is 11.8 Å². The van der Waals surface area contributed by atoms with E-state index in [4.69, 9.17) is 0 Å². The third kappa shape index (κ3) is 4.01. The van der Waals surface area contributed by atoms with Crippen molar-refractivity contribution in [1.82, 2.24) is 0 Å². The first kappa shape index (κ1) is 19.2. The molecule has 3 N–H and O–H groups in total. The molecule has 2 aromatic carbocycles. The zero-order chi connectivity index (χ0) is 20.6. The van der Waals surface area contributed by atoms with Crippen LogP contribution >= 0.6 is 0 Å². The molecular weight excluding hydrogens is 368 g/mol. The lowest BCUT2D eigenvalue weighted by Crippen LogP contribution is -2.36. The molecule has 2 aromatic rings. The third-order valence-corrected chi connectivity index (χ3v) is 5.86. The summed E-state index contributed by atoms with van der Waals surface area (Å²) in [4.78, 5) is 36.8. The summed E-state index contributed by atoms with van der Waals surface area (Å²) in [6, 6.07) is 13.0. The molecule has 4 rings (SSSR count). The van der Waals surface area contributed by atoms with E-state index in [0.29, 0.717) is 24.2 Å². The Morgan fingerprint density at radius 2 is 1.69 bits per heavy atom. The van der Waals surface area contributed by atoms with Gasteiger partial charge in [-0.1, -0.05) is 30.3 Å². The number of aryl methyl sites for hydroxylation is 1. The summed E-state index contributed by atoms with van der Waals surface area (Å²) in [5, 5.41) is 15.6. The van der Waals surface area contributed by atoms with Crippen molar-refractivity contribution in [2.75, 3.05) is 10.6 Å². The highest BCUT2D eigenvalue weighted by molar-refractivity contribution is 5.98. The topological polar surface area (TPSA) is 95.5 Å². The van der Waals surface area contributed by atoms with Crippen molar-refractivity contribution >= 4 is 29.2 Å². The van der Waals surface area contributed by atoms with E-state index in [9.17, 15) is 19.5 Å². The van der Waals surface area contributed by atoms with Crippen LogP contribution in [0.25, 0.3) is 0 Å². The van der Waals surface area contributed by atoms with Gasteiger partial charge in [0.1, 0.15) is 0 Å². The molecule has 0 atom stereocenters. The molecule has 0 saturated heterocycles. The molecule has 0 heterocycles. The van der Waals surface area contributed by atoms with Gasteiger partial charge in [-0.05, 0) is 61.4 Å². The van der Waals surface area contributed by atoms with Crippen LogP contribution in [0.4, 0.5) is 11.4 Å². The zero-order valence-corrected chi connectivity index (χ0v) is 16.3. The Hall–Kier alpha value is -3.15. The van der Waals surface area contributed by atoms with Gasteiger partial charge in [-0.25, -0.2) is 0 Å². The smallest absolute Gasteiger partial charge is 0.310 e. The molecule has 0 aromatic heterocycles. The first-order valence-corrected chi connectivity index (χ1v) is 9.88. The lowest BCUT2D eigenvalue weighted by molar-refractivity contribution is -0.150. The molecule has 150 valence electrons. The predicted molar refractivity (Wildman–Crippen MR) is 110 cm³/mol. The van der Waals surface area contributed by atoms with Gasteiger partial charge in [-0.3, -0.25) is 14.4 Å². The minimum atomic E-state index is -1.13. The van der Waals surface area contributed by atoms with Gasteiger partial charge in [-0.2, -0.15) is 0 Å². The second kappa shape index (κ2) is 7.35. The third-order valence-electron chi connectivity index (χ3n) is 5.86. The number of anilines is 2. The van der Waals surface area contributed by atoms with Gasteiger partial charge in [0.25, 0.3) is 0 Å². The first-order valence-electron chi connectivity index (χ1n) is 9.88. The summed E-state index contributed by atoms with van der Waals surface area (Å²) >= 11 is 0. The molecule has 2 aliphatic carbocycles. The maximum absolute atomic E-state index is 12.8. The van der Waals surface area contributed by atoms with Crippen LogP contribution in [-0.2, 0) is 27.2 Å². The van der Waals surface area contributed by atoms with Crippen LogP contribution in [0.5, 0.6) is 0 Å². The highest BCUT2D eigenvalue weighted by Gasteiger charge is 2.45. The zero-order valence-electron chi connectivity index (χ0n) is 16.3. The molecule has 2 aliphatic rings. The van der Waals surface area contributed by atoms with Gasteiger partial charge in [-0.15, -0.1) is 0 Å². The summed E-state index contributed by atoms with van der Waals surface area (Å²) in [6.07, 6.45) is 2.43. The monoisotopic (exact) mass is 392 g/mol. The van der Waals surface area contributed by atoms with Crippen molar-refractivity contribution in [3.05, 3.63) is 59.2 Å². The average Bonchev–Trinajstić information content (AvgIpc) is 3.45. The lowest BCUT2D eigenvalue weighted by Gasteiger charge is -2.23. The standard InChI is InChI=1S/C23H24N2O4/c1-14-6-9-18(24-21(27)15-7-8-15)10-19(14)25-20(26)13-23(22(28)29)11-16-4-2-3-5-17(16)12-23/h2-6,9-10,15H,7-8,11-13H2,1H3,(H,24,27)(H,25,26)(H,28,29).